The van der Waals surface area contributed by atoms with Crippen LogP contribution in [0.5, 0.6) is 0 Å². The molecule has 1 aliphatic rings. The van der Waals surface area contributed by atoms with Gasteiger partial charge in [0.2, 0.25) is 0 Å². The molecule has 0 aliphatic carbocycles. The maximum atomic E-state index is 13.0. The van der Waals surface area contributed by atoms with E-state index in [2.05, 4.69) is 0 Å². The Bertz CT molecular complexity index is 534. The van der Waals surface area contributed by atoms with E-state index in [0.29, 0.717) is 6.07 Å². The number of likely N-dealkylation sites (tertiary alicyclic amines) is 1. The fourth-order valence-corrected chi connectivity index (χ4v) is 2.07. The van der Waals surface area contributed by atoms with Gasteiger partial charge < -0.3 is 15.1 Å². The molecule has 0 aromatic heterocycles. The lowest BCUT2D eigenvalue weighted by Crippen LogP contribution is -2.40. The first kappa shape index (κ1) is 13.4. The topological polar surface area (TPSA) is 77.8 Å². The molecule has 1 aromatic rings. The van der Waals surface area contributed by atoms with Crippen LogP contribution in [0.25, 0.3) is 0 Å². The molecule has 2 N–H and O–H groups in total. The van der Waals surface area contributed by atoms with Crippen LogP contribution in [0.2, 0.25) is 0 Å². The number of β-amino-alcohol motifs (C(OH)–C–C–N with tert-alkyl or cyclic N) is 1. The molecule has 1 aliphatic heterocycles. The number of carboxylic acids is 1. The zero-order valence-electron chi connectivity index (χ0n) is 9.72. The molecule has 5 nitrogen and oxygen atoms in total. The third kappa shape index (κ3) is 2.55. The molecule has 19 heavy (non-hydrogen) atoms. The number of hydrogen-bond donors (Lipinski definition) is 2. The Hall–Kier alpha value is -2.02. The van der Waals surface area contributed by atoms with Gasteiger partial charge in [-0.2, -0.15) is 0 Å². The quantitative estimate of drug-likeness (QED) is 0.826. The van der Waals surface area contributed by atoms with Crippen molar-refractivity contribution in [2.75, 3.05) is 6.54 Å². The standard InChI is InChI=1S/C12H11F2NO4/c13-8-2-1-6(3-9(8)14)11(17)15-5-7(16)4-10(15)12(18)19/h1-3,7,10,16H,4-5H2,(H,18,19)/t7-,10+/m1/s1. The Kier molecular flexibility index (Phi) is 3.48. The maximum Gasteiger partial charge on any atom is 0.326 e. The molecule has 0 radical (unpaired) electrons. The number of aliphatic carboxylic acids is 1. The number of aliphatic hydroxyl groups is 1. The number of aliphatic hydroxyl groups excluding tert-OH is 1. The number of hydrogen-bond acceptors (Lipinski definition) is 3. The summed E-state index contributed by atoms with van der Waals surface area (Å²) in [6.45, 7) is -0.144. The zero-order chi connectivity index (χ0) is 14.2. The largest absolute Gasteiger partial charge is 0.480 e. The second-order valence-electron chi connectivity index (χ2n) is 4.33. The Labute approximate surface area is 107 Å². The van der Waals surface area contributed by atoms with E-state index in [1.807, 2.05) is 0 Å². The molecule has 7 heteroatoms. The number of nitrogens with zero attached hydrogens (tertiary/aromatic N) is 1. The van der Waals surface area contributed by atoms with Crippen molar-refractivity contribution >= 4 is 11.9 Å². The number of carbonyl (C=O) groups excluding carboxylic acids is 1. The molecular weight excluding hydrogens is 260 g/mol. The summed E-state index contributed by atoms with van der Waals surface area (Å²) in [6, 6.07) is 1.42. The third-order valence-electron chi connectivity index (χ3n) is 2.99. The lowest BCUT2D eigenvalue weighted by molar-refractivity contribution is -0.141. The van der Waals surface area contributed by atoms with Gasteiger partial charge in [0.05, 0.1) is 6.10 Å². The molecule has 1 amide bonds. The van der Waals surface area contributed by atoms with Gasteiger partial charge in [-0.1, -0.05) is 0 Å². The molecule has 1 aromatic carbocycles. The lowest BCUT2D eigenvalue weighted by Gasteiger charge is -2.21. The number of rotatable bonds is 2. The minimum absolute atomic E-state index is 0.0786. The van der Waals surface area contributed by atoms with Crippen LogP contribution in [0.15, 0.2) is 18.2 Å². The van der Waals surface area contributed by atoms with Gasteiger partial charge in [0.25, 0.3) is 5.91 Å². The van der Waals surface area contributed by atoms with Gasteiger partial charge in [0.15, 0.2) is 11.6 Å². The third-order valence-corrected chi connectivity index (χ3v) is 2.99. The van der Waals surface area contributed by atoms with E-state index < -0.39 is 35.7 Å². The second kappa shape index (κ2) is 4.93. The molecule has 0 bridgehead atoms. The van der Waals surface area contributed by atoms with E-state index in [1.54, 1.807) is 0 Å². The molecule has 1 saturated heterocycles. The van der Waals surface area contributed by atoms with Crippen LogP contribution in [-0.4, -0.2) is 45.7 Å². The normalized spacial score (nSPS) is 22.6. The molecule has 0 spiro atoms. The van der Waals surface area contributed by atoms with E-state index in [4.69, 9.17) is 5.11 Å². The number of carboxylic acid groups (broad SMARTS) is 1. The van der Waals surface area contributed by atoms with Crippen molar-refractivity contribution in [2.24, 2.45) is 0 Å². The van der Waals surface area contributed by atoms with Crippen molar-refractivity contribution < 1.29 is 28.6 Å². The Morgan fingerprint density at radius 3 is 2.53 bits per heavy atom. The van der Waals surface area contributed by atoms with Crippen LogP contribution in [-0.2, 0) is 4.79 Å². The van der Waals surface area contributed by atoms with Crippen LogP contribution in [0.1, 0.15) is 16.8 Å². The highest BCUT2D eigenvalue weighted by molar-refractivity contribution is 5.97. The molecule has 0 unspecified atom stereocenters. The zero-order valence-corrected chi connectivity index (χ0v) is 9.72. The first-order valence-electron chi connectivity index (χ1n) is 5.57. The summed E-state index contributed by atoms with van der Waals surface area (Å²) in [4.78, 5) is 24.0. The highest BCUT2D eigenvalue weighted by atomic mass is 19.2. The average Bonchev–Trinajstić information content (AvgIpc) is 2.74. The van der Waals surface area contributed by atoms with Crippen LogP contribution >= 0.6 is 0 Å². The van der Waals surface area contributed by atoms with E-state index in [-0.39, 0.29) is 18.5 Å². The fourth-order valence-electron chi connectivity index (χ4n) is 2.07. The highest BCUT2D eigenvalue weighted by Crippen LogP contribution is 2.21. The molecule has 2 rings (SSSR count). The van der Waals surface area contributed by atoms with Crippen LogP contribution in [0.4, 0.5) is 8.78 Å². The van der Waals surface area contributed by atoms with E-state index >= 15 is 0 Å². The van der Waals surface area contributed by atoms with Crippen molar-refractivity contribution in [3.05, 3.63) is 35.4 Å². The summed E-state index contributed by atoms with van der Waals surface area (Å²) in [5.41, 5.74) is -0.153. The van der Waals surface area contributed by atoms with Gasteiger partial charge in [0.1, 0.15) is 6.04 Å². The van der Waals surface area contributed by atoms with Gasteiger partial charge in [-0.25, -0.2) is 13.6 Å². The average molecular weight is 271 g/mol. The maximum absolute atomic E-state index is 13.0. The summed E-state index contributed by atoms with van der Waals surface area (Å²) in [5, 5.41) is 18.4. The van der Waals surface area contributed by atoms with Crippen LogP contribution < -0.4 is 0 Å². The summed E-state index contributed by atoms with van der Waals surface area (Å²) >= 11 is 0. The predicted octanol–water partition coefficient (Wildman–Crippen LogP) is 0.625. The first-order valence-corrected chi connectivity index (χ1v) is 5.57. The van der Waals surface area contributed by atoms with Crippen LogP contribution in [0, 0.1) is 11.6 Å². The van der Waals surface area contributed by atoms with E-state index in [0.717, 1.165) is 17.0 Å². The molecule has 0 saturated carbocycles. The molecule has 1 heterocycles. The minimum atomic E-state index is -1.24. The molecule has 1 fully saturated rings. The van der Waals surface area contributed by atoms with Gasteiger partial charge in [-0.3, -0.25) is 4.79 Å². The summed E-state index contributed by atoms with van der Waals surface area (Å²) < 4.78 is 25.8. The van der Waals surface area contributed by atoms with Crippen molar-refractivity contribution in [1.82, 2.24) is 4.90 Å². The Morgan fingerprint density at radius 2 is 1.95 bits per heavy atom. The Morgan fingerprint density at radius 1 is 1.26 bits per heavy atom. The smallest absolute Gasteiger partial charge is 0.326 e. The second-order valence-corrected chi connectivity index (χ2v) is 4.33. The summed E-state index contributed by atoms with van der Waals surface area (Å²) in [7, 11) is 0. The van der Waals surface area contributed by atoms with Crippen LogP contribution in [0.3, 0.4) is 0 Å². The predicted molar refractivity (Wildman–Crippen MR) is 59.4 cm³/mol. The van der Waals surface area contributed by atoms with Gasteiger partial charge in [0, 0.05) is 18.5 Å². The van der Waals surface area contributed by atoms with Gasteiger partial charge in [-0.05, 0) is 18.2 Å². The fraction of sp³-hybridized carbons (Fsp3) is 0.333. The molecule has 2 atom stereocenters. The van der Waals surface area contributed by atoms with Crippen molar-refractivity contribution in [1.29, 1.82) is 0 Å². The number of halogens is 2. The Balaban J connectivity index is 2.27. The highest BCUT2D eigenvalue weighted by Gasteiger charge is 2.39. The number of carbonyl (C=O) groups is 2. The first-order chi connectivity index (χ1) is 8.90. The van der Waals surface area contributed by atoms with E-state index in [1.165, 1.54) is 0 Å². The van der Waals surface area contributed by atoms with Gasteiger partial charge >= 0.3 is 5.97 Å². The molecular formula is C12H11F2NO4. The SMILES string of the molecule is O=C(O)[C@@H]1C[C@@H](O)CN1C(=O)c1ccc(F)c(F)c1. The van der Waals surface area contributed by atoms with Crippen molar-refractivity contribution in [3.8, 4) is 0 Å². The number of benzene rings is 1. The summed E-state index contributed by atoms with van der Waals surface area (Å²) in [6.07, 6.45) is -1.01. The number of amides is 1. The lowest BCUT2D eigenvalue weighted by atomic mass is 10.1. The minimum Gasteiger partial charge on any atom is -0.480 e. The van der Waals surface area contributed by atoms with Gasteiger partial charge in [-0.15, -0.1) is 0 Å². The summed E-state index contributed by atoms with van der Waals surface area (Å²) in [5.74, 6) is -4.26. The molecule has 102 valence electrons. The van der Waals surface area contributed by atoms with E-state index in [9.17, 15) is 23.5 Å². The monoisotopic (exact) mass is 271 g/mol. The van der Waals surface area contributed by atoms with Crippen molar-refractivity contribution in [3.63, 3.8) is 0 Å². The van der Waals surface area contributed by atoms with Crippen molar-refractivity contribution in [2.45, 2.75) is 18.6 Å².